The summed E-state index contributed by atoms with van der Waals surface area (Å²) >= 11 is 5.91. The van der Waals surface area contributed by atoms with E-state index in [4.69, 9.17) is 16.3 Å². The number of benzene rings is 2. The minimum Gasteiger partial charge on any atom is -0.491 e. The fourth-order valence-electron chi connectivity index (χ4n) is 1.95. The first-order valence-corrected chi connectivity index (χ1v) is 8.00. The number of nitrogens with one attached hydrogen (secondary N) is 2. The van der Waals surface area contributed by atoms with Crippen LogP contribution in [0.5, 0.6) is 5.75 Å². The van der Waals surface area contributed by atoms with Gasteiger partial charge < -0.3 is 15.4 Å². The largest absolute Gasteiger partial charge is 0.491 e. The molecule has 1 atom stereocenters. The van der Waals surface area contributed by atoms with Crippen LogP contribution in [0.1, 0.15) is 20.3 Å². The van der Waals surface area contributed by atoms with Crippen LogP contribution in [0.15, 0.2) is 48.5 Å². The molecule has 0 saturated carbocycles. The summed E-state index contributed by atoms with van der Waals surface area (Å²) in [6.45, 7) is 4.24. The van der Waals surface area contributed by atoms with E-state index in [-0.39, 0.29) is 18.6 Å². The van der Waals surface area contributed by atoms with Crippen LogP contribution < -0.4 is 15.4 Å². The smallest absolute Gasteiger partial charge is 0.243 e. The summed E-state index contributed by atoms with van der Waals surface area (Å²) in [5.41, 5.74) is 1.52. The van der Waals surface area contributed by atoms with E-state index in [1.165, 1.54) is 0 Å². The first-order chi connectivity index (χ1) is 11.1. The molecule has 0 aliphatic carbocycles. The van der Waals surface area contributed by atoms with Gasteiger partial charge in [-0.25, -0.2) is 0 Å². The van der Waals surface area contributed by atoms with E-state index in [0.29, 0.717) is 10.7 Å². The second kappa shape index (κ2) is 8.44. The fraction of sp³-hybridized carbons (Fsp3) is 0.278. The molecule has 2 aromatic rings. The molecule has 0 fully saturated rings. The molecule has 23 heavy (non-hydrogen) atoms. The standard InChI is InChI=1S/C18H21ClN2O2/c1-3-13(2)23-17-9-5-8-16(11-17)21-18(22)12-20-15-7-4-6-14(19)10-15/h4-11,13,20H,3,12H2,1-2H3,(H,21,22). The molecule has 0 radical (unpaired) electrons. The van der Waals surface area contributed by atoms with Gasteiger partial charge >= 0.3 is 0 Å². The van der Waals surface area contributed by atoms with E-state index < -0.39 is 0 Å². The molecule has 0 heterocycles. The molecular formula is C18H21ClN2O2. The van der Waals surface area contributed by atoms with Gasteiger partial charge in [0, 0.05) is 22.5 Å². The second-order valence-corrected chi connectivity index (χ2v) is 5.71. The Labute approximate surface area is 141 Å². The molecule has 2 aromatic carbocycles. The van der Waals surface area contributed by atoms with E-state index in [1.54, 1.807) is 12.1 Å². The van der Waals surface area contributed by atoms with Crippen LogP contribution >= 0.6 is 11.6 Å². The number of halogens is 1. The Bertz CT molecular complexity index is 661. The van der Waals surface area contributed by atoms with Crippen molar-refractivity contribution in [2.24, 2.45) is 0 Å². The van der Waals surface area contributed by atoms with Gasteiger partial charge in [-0.3, -0.25) is 4.79 Å². The number of ether oxygens (including phenoxy) is 1. The van der Waals surface area contributed by atoms with Crippen LogP contribution in [0.2, 0.25) is 5.02 Å². The van der Waals surface area contributed by atoms with Gasteiger partial charge in [0.05, 0.1) is 12.6 Å². The Morgan fingerprint density at radius 2 is 1.91 bits per heavy atom. The van der Waals surface area contributed by atoms with Crippen LogP contribution in [0, 0.1) is 0 Å². The molecule has 0 aromatic heterocycles. The lowest BCUT2D eigenvalue weighted by Crippen LogP contribution is -2.21. The Balaban J connectivity index is 1.88. The van der Waals surface area contributed by atoms with Crippen molar-refractivity contribution in [3.05, 3.63) is 53.6 Å². The van der Waals surface area contributed by atoms with Gasteiger partial charge in [-0.15, -0.1) is 0 Å². The van der Waals surface area contributed by atoms with Crippen LogP contribution in [-0.4, -0.2) is 18.6 Å². The first-order valence-electron chi connectivity index (χ1n) is 7.63. The lowest BCUT2D eigenvalue weighted by molar-refractivity contribution is -0.114. The molecule has 0 bridgehead atoms. The van der Waals surface area contributed by atoms with Gasteiger partial charge in [0.1, 0.15) is 5.75 Å². The predicted octanol–water partition coefficient (Wildman–Crippen LogP) is 4.57. The van der Waals surface area contributed by atoms with Gasteiger partial charge in [-0.2, -0.15) is 0 Å². The molecule has 1 amide bonds. The number of carbonyl (C=O) groups excluding carboxylic acids is 1. The van der Waals surface area contributed by atoms with E-state index in [9.17, 15) is 4.79 Å². The summed E-state index contributed by atoms with van der Waals surface area (Å²) in [5.74, 6) is 0.616. The summed E-state index contributed by atoms with van der Waals surface area (Å²) in [4.78, 5) is 12.0. The molecular weight excluding hydrogens is 312 g/mol. The highest BCUT2D eigenvalue weighted by Gasteiger charge is 2.05. The zero-order valence-corrected chi connectivity index (χ0v) is 14.1. The Hall–Kier alpha value is -2.20. The number of carbonyl (C=O) groups is 1. The minimum atomic E-state index is -0.134. The first kappa shape index (κ1) is 17.2. The number of rotatable bonds is 7. The normalized spacial score (nSPS) is 11.6. The van der Waals surface area contributed by atoms with Crippen molar-refractivity contribution in [1.29, 1.82) is 0 Å². The number of amides is 1. The maximum absolute atomic E-state index is 12.0. The SMILES string of the molecule is CCC(C)Oc1cccc(NC(=O)CNc2cccc(Cl)c2)c1. The number of anilines is 2. The predicted molar refractivity (Wildman–Crippen MR) is 95.4 cm³/mol. The van der Waals surface area contributed by atoms with Crippen molar-refractivity contribution in [3.8, 4) is 5.75 Å². The van der Waals surface area contributed by atoms with Gasteiger partial charge in [0.25, 0.3) is 0 Å². The molecule has 1 unspecified atom stereocenters. The third-order valence-electron chi connectivity index (χ3n) is 3.31. The Morgan fingerprint density at radius 1 is 1.17 bits per heavy atom. The molecule has 122 valence electrons. The van der Waals surface area contributed by atoms with Crippen LogP contribution in [0.3, 0.4) is 0 Å². The van der Waals surface area contributed by atoms with Gasteiger partial charge in [0.2, 0.25) is 5.91 Å². The van der Waals surface area contributed by atoms with Gasteiger partial charge in [-0.1, -0.05) is 30.7 Å². The third kappa shape index (κ3) is 5.83. The average Bonchev–Trinajstić information content (AvgIpc) is 2.53. The highest BCUT2D eigenvalue weighted by Crippen LogP contribution is 2.19. The van der Waals surface area contributed by atoms with Crippen LogP contribution in [0.25, 0.3) is 0 Å². The lowest BCUT2D eigenvalue weighted by Gasteiger charge is -2.14. The Morgan fingerprint density at radius 3 is 2.65 bits per heavy atom. The average molecular weight is 333 g/mol. The quantitative estimate of drug-likeness (QED) is 0.781. The number of hydrogen-bond donors (Lipinski definition) is 2. The summed E-state index contributed by atoms with van der Waals surface area (Å²) < 4.78 is 5.75. The molecule has 0 aliphatic heterocycles. The topological polar surface area (TPSA) is 50.4 Å². The van der Waals surface area contributed by atoms with Crippen LogP contribution in [-0.2, 0) is 4.79 Å². The number of hydrogen-bond acceptors (Lipinski definition) is 3. The summed E-state index contributed by atoms with van der Waals surface area (Å²) in [7, 11) is 0. The van der Waals surface area contributed by atoms with E-state index in [1.807, 2.05) is 43.3 Å². The van der Waals surface area contributed by atoms with Crippen LogP contribution in [0.4, 0.5) is 11.4 Å². The molecule has 0 aliphatic rings. The van der Waals surface area contributed by atoms with Gasteiger partial charge in [-0.05, 0) is 43.7 Å². The fourth-order valence-corrected chi connectivity index (χ4v) is 2.14. The van der Waals surface area contributed by atoms with Crippen molar-refractivity contribution < 1.29 is 9.53 Å². The molecule has 4 nitrogen and oxygen atoms in total. The van der Waals surface area contributed by atoms with E-state index in [0.717, 1.165) is 17.9 Å². The van der Waals surface area contributed by atoms with Crippen molar-refractivity contribution in [2.45, 2.75) is 26.4 Å². The molecule has 0 saturated heterocycles. The second-order valence-electron chi connectivity index (χ2n) is 5.28. The Kier molecular flexibility index (Phi) is 6.29. The van der Waals surface area contributed by atoms with Crippen molar-refractivity contribution >= 4 is 28.9 Å². The summed E-state index contributed by atoms with van der Waals surface area (Å²) in [5, 5.41) is 6.51. The minimum absolute atomic E-state index is 0.134. The highest BCUT2D eigenvalue weighted by molar-refractivity contribution is 6.30. The zero-order valence-electron chi connectivity index (χ0n) is 13.3. The van der Waals surface area contributed by atoms with Gasteiger partial charge in [0.15, 0.2) is 0 Å². The van der Waals surface area contributed by atoms with E-state index in [2.05, 4.69) is 17.6 Å². The highest BCUT2D eigenvalue weighted by atomic mass is 35.5. The molecule has 2 rings (SSSR count). The van der Waals surface area contributed by atoms with Crippen molar-refractivity contribution in [3.63, 3.8) is 0 Å². The summed E-state index contributed by atoms with van der Waals surface area (Å²) in [6, 6.07) is 14.6. The maximum Gasteiger partial charge on any atom is 0.243 e. The third-order valence-corrected chi connectivity index (χ3v) is 3.54. The zero-order chi connectivity index (χ0) is 16.7. The van der Waals surface area contributed by atoms with E-state index >= 15 is 0 Å². The van der Waals surface area contributed by atoms with Crippen molar-refractivity contribution in [1.82, 2.24) is 0 Å². The molecule has 2 N–H and O–H groups in total. The molecule has 5 heteroatoms. The maximum atomic E-state index is 12.0. The lowest BCUT2D eigenvalue weighted by atomic mass is 10.2. The summed E-state index contributed by atoms with van der Waals surface area (Å²) in [6.07, 6.45) is 1.07. The monoisotopic (exact) mass is 332 g/mol. The van der Waals surface area contributed by atoms with Crippen molar-refractivity contribution in [2.75, 3.05) is 17.2 Å². The molecule has 0 spiro atoms.